The standard InChI is InChI=1S/C17H11Cl2N3O3S/c1-21-16(23)15(9-10-6-7-12(19)14(8-10)22(24)25)26-17(21)20-13-5-3-2-4-11(13)18/h2-9H,1H3/b15-9+,20-17?. The maximum absolute atomic E-state index is 12.4. The molecule has 26 heavy (non-hydrogen) atoms. The monoisotopic (exact) mass is 407 g/mol. The van der Waals surface area contributed by atoms with Gasteiger partial charge >= 0.3 is 0 Å². The molecule has 0 unspecified atom stereocenters. The molecule has 3 rings (SSSR count). The molecule has 9 heteroatoms. The summed E-state index contributed by atoms with van der Waals surface area (Å²) < 4.78 is 0. The first-order valence-electron chi connectivity index (χ1n) is 7.31. The van der Waals surface area contributed by atoms with Crippen LogP contribution in [0.5, 0.6) is 0 Å². The molecule has 0 bridgehead atoms. The number of nitrogens with zero attached hydrogens (tertiary/aromatic N) is 3. The number of likely N-dealkylation sites (N-methyl/N-ethyl adjacent to an activating group) is 1. The Labute approximate surface area is 163 Å². The van der Waals surface area contributed by atoms with Crippen molar-refractivity contribution in [3.05, 3.63) is 73.1 Å². The molecule has 2 aromatic rings. The topological polar surface area (TPSA) is 75.8 Å². The number of halogens is 2. The van der Waals surface area contributed by atoms with Crippen molar-refractivity contribution >= 4 is 63.5 Å². The van der Waals surface area contributed by atoms with E-state index in [-0.39, 0.29) is 16.6 Å². The molecule has 0 spiro atoms. The van der Waals surface area contributed by atoms with Gasteiger partial charge in [0, 0.05) is 13.1 Å². The van der Waals surface area contributed by atoms with Crippen LogP contribution in [-0.2, 0) is 4.79 Å². The highest BCUT2D eigenvalue weighted by molar-refractivity contribution is 8.18. The predicted octanol–water partition coefficient (Wildman–Crippen LogP) is 5.14. The largest absolute Gasteiger partial charge is 0.290 e. The second-order valence-corrected chi connectivity index (χ2v) is 7.11. The first kappa shape index (κ1) is 18.4. The van der Waals surface area contributed by atoms with Gasteiger partial charge in [0.15, 0.2) is 5.17 Å². The first-order chi connectivity index (χ1) is 12.4. The van der Waals surface area contributed by atoms with E-state index in [4.69, 9.17) is 23.2 Å². The van der Waals surface area contributed by atoms with Crippen molar-refractivity contribution in [2.75, 3.05) is 7.05 Å². The minimum Gasteiger partial charge on any atom is -0.290 e. The van der Waals surface area contributed by atoms with E-state index in [1.54, 1.807) is 43.5 Å². The van der Waals surface area contributed by atoms with E-state index in [0.29, 0.717) is 26.3 Å². The zero-order valence-corrected chi connectivity index (χ0v) is 15.7. The van der Waals surface area contributed by atoms with E-state index in [1.165, 1.54) is 28.8 Å². The number of nitro groups is 1. The lowest BCUT2D eigenvalue weighted by molar-refractivity contribution is -0.384. The van der Waals surface area contributed by atoms with Gasteiger partial charge in [-0.25, -0.2) is 4.99 Å². The van der Waals surface area contributed by atoms with Crippen LogP contribution in [0.2, 0.25) is 10.0 Å². The Morgan fingerprint density at radius 1 is 1.19 bits per heavy atom. The molecule has 1 aliphatic rings. The Balaban J connectivity index is 1.94. The number of carbonyl (C=O) groups excluding carboxylic acids is 1. The Hall–Kier alpha value is -2.35. The number of para-hydroxylation sites is 1. The Bertz CT molecular complexity index is 975. The van der Waals surface area contributed by atoms with Crippen molar-refractivity contribution < 1.29 is 9.72 Å². The van der Waals surface area contributed by atoms with Crippen molar-refractivity contribution in [3.63, 3.8) is 0 Å². The number of benzene rings is 2. The maximum Gasteiger partial charge on any atom is 0.288 e. The molecule has 1 heterocycles. The summed E-state index contributed by atoms with van der Waals surface area (Å²) in [5, 5.41) is 12.0. The summed E-state index contributed by atoms with van der Waals surface area (Å²) in [6.07, 6.45) is 1.57. The molecule has 1 saturated heterocycles. The van der Waals surface area contributed by atoms with Gasteiger partial charge in [0.25, 0.3) is 11.6 Å². The molecular formula is C17H11Cl2N3O3S. The van der Waals surface area contributed by atoms with Gasteiger partial charge in [0.1, 0.15) is 5.02 Å². The summed E-state index contributed by atoms with van der Waals surface area (Å²) in [5.41, 5.74) is 0.846. The van der Waals surface area contributed by atoms with Crippen LogP contribution >= 0.6 is 35.0 Å². The minimum atomic E-state index is -0.565. The van der Waals surface area contributed by atoms with Crippen LogP contribution in [0.3, 0.4) is 0 Å². The summed E-state index contributed by atoms with van der Waals surface area (Å²) in [6, 6.07) is 11.4. The van der Waals surface area contributed by atoms with Gasteiger partial charge in [-0.05, 0) is 41.6 Å². The number of amides is 1. The molecule has 6 nitrogen and oxygen atoms in total. The number of thioether (sulfide) groups is 1. The second-order valence-electron chi connectivity index (χ2n) is 5.29. The highest BCUT2D eigenvalue weighted by Crippen LogP contribution is 2.35. The first-order valence-corrected chi connectivity index (χ1v) is 8.89. The lowest BCUT2D eigenvalue weighted by Gasteiger charge is -2.07. The van der Waals surface area contributed by atoms with Crippen LogP contribution in [-0.4, -0.2) is 27.9 Å². The minimum absolute atomic E-state index is 0.0423. The van der Waals surface area contributed by atoms with Crippen LogP contribution in [0.15, 0.2) is 52.4 Å². The van der Waals surface area contributed by atoms with Crippen LogP contribution in [0, 0.1) is 10.1 Å². The number of carbonyl (C=O) groups is 1. The van der Waals surface area contributed by atoms with Gasteiger partial charge in [0.05, 0.1) is 20.5 Å². The molecule has 0 N–H and O–H groups in total. The van der Waals surface area contributed by atoms with Crippen molar-refractivity contribution in [1.82, 2.24) is 4.90 Å². The highest BCUT2D eigenvalue weighted by atomic mass is 35.5. The molecule has 1 aliphatic heterocycles. The quantitative estimate of drug-likeness (QED) is 0.401. The molecule has 0 atom stereocenters. The predicted molar refractivity (Wildman–Crippen MR) is 105 cm³/mol. The zero-order valence-electron chi connectivity index (χ0n) is 13.3. The van der Waals surface area contributed by atoms with Crippen LogP contribution in [0.25, 0.3) is 6.08 Å². The molecule has 132 valence electrons. The fourth-order valence-corrected chi connectivity index (χ4v) is 3.55. The van der Waals surface area contributed by atoms with Gasteiger partial charge in [-0.1, -0.05) is 41.4 Å². The van der Waals surface area contributed by atoms with E-state index in [2.05, 4.69) is 4.99 Å². The van der Waals surface area contributed by atoms with Crippen molar-refractivity contribution in [1.29, 1.82) is 0 Å². The lowest BCUT2D eigenvalue weighted by Crippen LogP contribution is -2.23. The van der Waals surface area contributed by atoms with Gasteiger partial charge in [0.2, 0.25) is 0 Å². The number of nitro benzene ring substituents is 1. The molecule has 0 aliphatic carbocycles. The number of aliphatic imine (C=N–C) groups is 1. The van der Waals surface area contributed by atoms with Gasteiger partial charge < -0.3 is 0 Å². The third kappa shape index (κ3) is 3.75. The third-order valence-electron chi connectivity index (χ3n) is 3.54. The van der Waals surface area contributed by atoms with E-state index in [9.17, 15) is 14.9 Å². The molecule has 2 aromatic carbocycles. The third-order valence-corrected chi connectivity index (χ3v) is 5.24. The molecule has 1 fully saturated rings. The second kappa shape index (κ2) is 7.49. The number of hydrogen-bond donors (Lipinski definition) is 0. The van der Waals surface area contributed by atoms with Gasteiger partial charge in [-0.3, -0.25) is 19.8 Å². The summed E-state index contributed by atoms with van der Waals surface area (Å²) in [6.45, 7) is 0. The Morgan fingerprint density at radius 2 is 1.92 bits per heavy atom. The molecule has 0 saturated carbocycles. The van der Waals surface area contributed by atoms with Crippen molar-refractivity contribution in [2.24, 2.45) is 4.99 Å². The van der Waals surface area contributed by atoms with E-state index in [0.717, 1.165) is 0 Å². The van der Waals surface area contributed by atoms with Crippen LogP contribution in [0.1, 0.15) is 5.56 Å². The van der Waals surface area contributed by atoms with Gasteiger partial charge in [-0.15, -0.1) is 0 Å². The smallest absolute Gasteiger partial charge is 0.288 e. The van der Waals surface area contributed by atoms with Crippen molar-refractivity contribution in [2.45, 2.75) is 0 Å². The fraction of sp³-hybridized carbons (Fsp3) is 0.0588. The summed E-state index contributed by atoms with van der Waals surface area (Å²) in [7, 11) is 1.61. The maximum atomic E-state index is 12.4. The fourth-order valence-electron chi connectivity index (χ4n) is 2.21. The normalized spacial score (nSPS) is 17.3. The summed E-state index contributed by atoms with van der Waals surface area (Å²) >= 11 is 13.1. The van der Waals surface area contributed by atoms with E-state index < -0.39 is 4.92 Å². The average molecular weight is 408 g/mol. The molecular weight excluding hydrogens is 397 g/mol. The molecule has 0 radical (unpaired) electrons. The van der Waals surface area contributed by atoms with Crippen LogP contribution in [0.4, 0.5) is 11.4 Å². The summed E-state index contributed by atoms with van der Waals surface area (Å²) in [5.74, 6) is -0.251. The van der Waals surface area contributed by atoms with E-state index >= 15 is 0 Å². The zero-order chi connectivity index (χ0) is 18.8. The number of hydrogen-bond acceptors (Lipinski definition) is 5. The summed E-state index contributed by atoms with van der Waals surface area (Å²) in [4.78, 5) is 29.1. The van der Waals surface area contributed by atoms with Crippen molar-refractivity contribution in [3.8, 4) is 0 Å². The SMILES string of the molecule is CN1C(=O)/C(=C\c2ccc(Cl)c([N+](=O)[O-])c2)SC1=Nc1ccccc1Cl. The lowest BCUT2D eigenvalue weighted by atomic mass is 10.2. The van der Waals surface area contributed by atoms with E-state index in [1.807, 2.05) is 0 Å². The molecule has 0 aromatic heterocycles. The average Bonchev–Trinajstić information content (AvgIpc) is 2.86. The van der Waals surface area contributed by atoms with Gasteiger partial charge in [-0.2, -0.15) is 0 Å². The highest BCUT2D eigenvalue weighted by Gasteiger charge is 2.30. The molecule has 1 amide bonds. The number of amidine groups is 1. The van der Waals surface area contributed by atoms with Crippen LogP contribution < -0.4 is 0 Å². The number of rotatable bonds is 3. The Morgan fingerprint density at radius 3 is 2.62 bits per heavy atom. The Kier molecular flexibility index (Phi) is 5.31.